The van der Waals surface area contributed by atoms with Crippen molar-refractivity contribution < 1.29 is 14.3 Å². The topological polar surface area (TPSA) is 58.6 Å². The standard InChI is InChI=1S/C20H22Cl2N2O3/c1-3-10-24(20(26)11-14-6-4-5-7-18(14)27-2)13-19(25)23-17-9-8-15(21)12-16(17)22/h4-9,12H,3,10-11,13H2,1-2H3,(H,23,25). The number of carbonyl (C=O) groups is 2. The molecule has 0 aliphatic rings. The van der Waals surface area contributed by atoms with E-state index >= 15 is 0 Å². The van der Waals surface area contributed by atoms with Crippen molar-refractivity contribution >= 4 is 40.7 Å². The molecule has 2 aromatic carbocycles. The molecule has 5 nitrogen and oxygen atoms in total. The number of anilines is 1. The van der Waals surface area contributed by atoms with Crippen molar-refractivity contribution in [2.45, 2.75) is 19.8 Å². The fourth-order valence-corrected chi connectivity index (χ4v) is 3.10. The second kappa shape index (κ2) is 10.2. The number of rotatable bonds is 8. The van der Waals surface area contributed by atoms with Crippen LogP contribution in [0, 0.1) is 0 Å². The molecule has 0 bridgehead atoms. The normalized spacial score (nSPS) is 10.4. The van der Waals surface area contributed by atoms with Gasteiger partial charge in [-0.3, -0.25) is 9.59 Å². The van der Waals surface area contributed by atoms with E-state index in [1.807, 2.05) is 31.2 Å². The van der Waals surface area contributed by atoms with E-state index in [9.17, 15) is 9.59 Å². The van der Waals surface area contributed by atoms with E-state index in [4.69, 9.17) is 27.9 Å². The van der Waals surface area contributed by atoms with Gasteiger partial charge in [-0.2, -0.15) is 0 Å². The van der Waals surface area contributed by atoms with Gasteiger partial charge in [0.25, 0.3) is 0 Å². The largest absolute Gasteiger partial charge is 0.496 e. The van der Waals surface area contributed by atoms with E-state index in [-0.39, 0.29) is 24.8 Å². The highest BCUT2D eigenvalue weighted by Gasteiger charge is 2.19. The van der Waals surface area contributed by atoms with Gasteiger partial charge >= 0.3 is 0 Å². The minimum atomic E-state index is -0.318. The molecule has 27 heavy (non-hydrogen) atoms. The van der Waals surface area contributed by atoms with Crippen LogP contribution in [-0.2, 0) is 16.0 Å². The third-order valence-electron chi connectivity index (χ3n) is 3.92. The first-order chi connectivity index (χ1) is 12.9. The predicted octanol–water partition coefficient (Wildman–Crippen LogP) is 4.42. The lowest BCUT2D eigenvalue weighted by atomic mass is 10.1. The molecule has 1 N–H and O–H groups in total. The number of para-hydroxylation sites is 1. The molecule has 0 aliphatic carbocycles. The van der Waals surface area contributed by atoms with Crippen molar-refractivity contribution in [3.05, 3.63) is 58.1 Å². The van der Waals surface area contributed by atoms with Gasteiger partial charge in [-0.15, -0.1) is 0 Å². The van der Waals surface area contributed by atoms with Crippen molar-refractivity contribution in [1.29, 1.82) is 0 Å². The predicted molar refractivity (Wildman–Crippen MR) is 109 cm³/mol. The summed E-state index contributed by atoms with van der Waals surface area (Å²) in [6, 6.07) is 12.2. The number of ether oxygens (including phenoxy) is 1. The van der Waals surface area contributed by atoms with Crippen LogP contribution < -0.4 is 10.1 Å². The number of carbonyl (C=O) groups excluding carboxylic acids is 2. The van der Waals surface area contributed by atoms with Gasteiger partial charge in [0.15, 0.2) is 0 Å². The first-order valence-electron chi connectivity index (χ1n) is 8.59. The molecule has 2 aromatic rings. The summed E-state index contributed by atoms with van der Waals surface area (Å²) in [7, 11) is 1.57. The van der Waals surface area contributed by atoms with E-state index in [2.05, 4.69) is 5.32 Å². The van der Waals surface area contributed by atoms with E-state index in [1.165, 1.54) is 4.90 Å². The van der Waals surface area contributed by atoms with Crippen LogP contribution in [0.25, 0.3) is 0 Å². The summed E-state index contributed by atoms with van der Waals surface area (Å²) in [6.07, 6.45) is 0.908. The van der Waals surface area contributed by atoms with Gasteiger partial charge in [-0.1, -0.05) is 48.3 Å². The number of nitrogens with one attached hydrogen (secondary N) is 1. The summed E-state index contributed by atoms with van der Waals surface area (Å²) in [5.41, 5.74) is 1.24. The van der Waals surface area contributed by atoms with Crippen LogP contribution in [0.4, 0.5) is 5.69 Å². The van der Waals surface area contributed by atoms with E-state index < -0.39 is 0 Å². The van der Waals surface area contributed by atoms with Gasteiger partial charge in [0, 0.05) is 17.1 Å². The average Bonchev–Trinajstić information content (AvgIpc) is 2.64. The zero-order valence-electron chi connectivity index (χ0n) is 15.3. The Labute approximate surface area is 169 Å². The summed E-state index contributed by atoms with van der Waals surface area (Å²) in [5.74, 6) is 0.194. The minimum Gasteiger partial charge on any atom is -0.496 e. The van der Waals surface area contributed by atoms with Gasteiger partial charge in [0.1, 0.15) is 5.75 Å². The molecule has 144 valence electrons. The summed E-state index contributed by atoms with van der Waals surface area (Å²) in [4.78, 5) is 26.6. The summed E-state index contributed by atoms with van der Waals surface area (Å²) >= 11 is 11.9. The molecule has 0 fully saturated rings. The van der Waals surface area contributed by atoms with E-state index in [0.717, 1.165) is 12.0 Å². The molecule has 0 atom stereocenters. The van der Waals surface area contributed by atoms with Crippen LogP contribution >= 0.6 is 23.2 Å². The highest BCUT2D eigenvalue weighted by molar-refractivity contribution is 6.36. The minimum absolute atomic E-state index is 0.0548. The number of amides is 2. The molecule has 0 saturated carbocycles. The Bertz CT molecular complexity index is 812. The summed E-state index contributed by atoms with van der Waals surface area (Å²) < 4.78 is 5.29. The second-order valence-corrected chi connectivity index (χ2v) is 6.82. The molecule has 2 rings (SSSR count). The number of benzene rings is 2. The zero-order chi connectivity index (χ0) is 19.8. The number of hydrogen-bond donors (Lipinski definition) is 1. The lowest BCUT2D eigenvalue weighted by molar-refractivity contribution is -0.134. The van der Waals surface area contributed by atoms with Crippen LogP contribution in [0.3, 0.4) is 0 Å². The van der Waals surface area contributed by atoms with Gasteiger partial charge in [0.05, 0.1) is 30.8 Å². The van der Waals surface area contributed by atoms with Crippen LogP contribution in [0.2, 0.25) is 10.0 Å². The van der Waals surface area contributed by atoms with Gasteiger partial charge in [0.2, 0.25) is 11.8 Å². The number of methoxy groups -OCH3 is 1. The van der Waals surface area contributed by atoms with Gasteiger partial charge in [-0.25, -0.2) is 0 Å². The third kappa shape index (κ3) is 6.15. The SMILES string of the molecule is CCCN(CC(=O)Nc1ccc(Cl)cc1Cl)C(=O)Cc1ccccc1OC. The van der Waals surface area contributed by atoms with Crippen molar-refractivity contribution in [2.75, 3.05) is 25.5 Å². The highest BCUT2D eigenvalue weighted by Crippen LogP contribution is 2.25. The molecule has 2 amide bonds. The van der Waals surface area contributed by atoms with Gasteiger partial charge in [-0.05, 0) is 30.7 Å². The van der Waals surface area contributed by atoms with Crippen LogP contribution in [0.15, 0.2) is 42.5 Å². The Hall–Kier alpha value is -2.24. The molecule has 0 saturated heterocycles. The van der Waals surface area contributed by atoms with Crippen LogP contribution in [0.5, 0.6) is 5.75 Å². The maximum absolute atomic E-state index is 12.7. The number of halogens is 2. The van der Waals surface area contributed by atoms with Gasteiger partial charge < -0.3 is 15.0 Å². The lowest BCUT2D eigenvalue weighted by Crippen LogP contribution is -2.39. The number of nitrogens with zero attached hydrogens (tertiary/aromatic N) is 1. The fraction of sp³-hybridized carbons (Fsp3) is 0.300. The molecule has 0 radical (unpaired) electrons. The van der Waals surface area contributed by atoms with Crippen molar-refractivity contribution in [1.82, 2.24) is 4.90 Å². The molecule has 0 heterocycles. The van der Waals surface area contributed by atoms with Crippen molar-refractivity contribution in [3.63, 3.8) is 0 Å². The van der Waals surface area contributed by atoms with Crippen molar-refractivity contribution in [2.24, 2.45) is 0 Å². The van der Waals surface area contributed by atoms with Crippen LogP contribution in [0.1, 0.15) is 18.9 Å². The summed E-state index contributed by atoms with van der Waals surface area (Å²) in [6.45, 7) is 2.38. The second-order valence-electron chi connectivity index (χ2n) is 5.98. The first-order valence-corrected chi connectivity index (χ1v) is 9.34. The fourth-order valence-electron chi connectivity index (χ4n) is 2.64. The van der Waals surface area contributed by atoms with Crippen molar-refractivity contribution in [3.8, 4) is 5.75 Å². The maximum atomic E-state index is 12.7. The molecule has 0 unspecified atom stereocenters. The molecule has 0 aliphatic heterocycles. The van der Waals surface area contributed by atoms with E-state index in [1.54, 1.807) is 25.3 Å². The Morgan fingerprint density at radius 3 is 2.56 bits per heavy atom. The average molecular weight is 409 g/mol. The molecular formula is C20H22Cl2N2O3. The molecule has 7 heteroatoms. The Morgan fingerprint density at radius 1 is 1.15 bits per heavy atom. The van der Waals surface area contributed by atoms with Crippen LogP contribution in [-0.4, -0.2) is 36.9 Å². The Morgan fingerprint density at radius 2 is 1.89 bits per heavy atom. The van der Waals surface area contributed by atoms with E-state index in [0.29, 0.717) is 28.0 Å². The quantitative estimate of drug-likeness (QED) is 0.702. The Balaban J connectivity index is 2.05. The maximum Gasteiger partial charge on any atom is 0.244 e. The molecular weight excluding hydrogens is 387 g/mol. The monoisotopic (exact) mass is 408 g/mol. The highest BCUT2D eigenvalue weighted by atomic mass is 35.5. The summed E-state index contributed by atoms with van der Waals surface area (Å²) in [5, 5.41) is 3.55. The number of hydrogen-bond acceptors (Lipinski definition) is 3. The molecule has 0 spiro atoms. The first kappa shape index (κ1) is 21.1. The lowest BCUT2D eigenvalue weighted by Gasteiger charge is -2.22. The molecule has 0 aromatic heterocycles. The zero-order valence-corrected chi connectivity index (χ0v) is 16.8. The third-order valence-corrected chi connectivity index (χ3v) is 4.47. The smallest absolute Gasteiger partial charge is 0.244 e. The Kier molecular flexibility index (Phi) is 7.95.